The van der Waals surface area contributed by atoms with Gasteiger partial charge in [-0.25, -0.2) is 4.98 Å². The Labute approximate surface area is 101 Å². The quantitative estimate of drug-likeness (QED) is 0.766. The first-order valence-electron chi connectivity index (χ1n) is 5.79. The highest BCUT2D eigenvalue weighted by atomic mass is 16.2. The Bertz CT molecular complexity index is 421. The van der Waals surface area contributed by atoms with Crippen molar-refractivity contribution in [2.24, 2.45) is 0 Å². The topological polar surface area (TPSA) is 62.5 Å². The molecule has 17 heavy (non-hydrogen) atoms. The maximum absolute atomic E-state index is 12.3. The van der Waals surface area contributed by atoms with Crippen molar-refractivity contribution >= 4 is 11.6 Å². The van der Waals surface area contributed by atoms with Crippen LogP contribution >= 0.6 is 0 Å². The average Bonchev–Trinajstić information content (AvgIpc) is 2.29. The minimum absolute atomic E-state index is 0.0660. The highest BCUT2D eigenvalue weighted by Crippen LogP contribution is 2.15. The molecule has 1 aromatic heterocycles. The van der Waals surface area contributed by atoms with Crippen molar-refractivity contribution in [3.8, 4) is 0 Å². The molecule has 1 aromatic rings. The number of hydrogen-bond acceptors (Lipinski definition) is 4. The van der Waals surface area contributed by atoms with Crippen LogP contribution in [0.15, 0.2) is 18.3 Å². The number of rotatable bonds is 1. The summed E-state index contributed by atoms with van der Waals surface area (Å²) in [6.07, 6.45) is 1.60. The summed E-state index contributed by atoms with van der Waals surface area (Å²) >= 11 is 0. The average molecular weight is 234 g/mol. The fourth-order valence-corrected chi connectivity index (χ4v) is 2.17. The van der Waals surface area contributed by atoms with Crippen LogP contribution in [0.3, 0.4) is 0 Å². The van der Waals surface area contributed by atoms with Crippen LogP contribution in [0.4, 0.5) is 5.69 Å². The predicted molar refractivity (Wildman–Crippen MR) is 66.6 cm³/mol. The Hall–Kier alpha value is -1.62. The van der Waals surface area contributed by atoms with Crippen molar-refractivity contribution in [2.75, 3.05) is 32.4 Å². The Balaban J connectivity index is 2.18. The molecule has 1 unspecified atom stereocenters. The number of carbonyl (C=O) groups is 1. The molecule has 2 heterocycles. The highest BCUT2D eigenvalue weighted by Gasteiger charge is 2.28. The standard InChI is InChI=1S/C12H18N4O/c1-9-8-15(2)6-7-16(9)12(17)11-10(13)4-3-5-14-11/h3-5,9H,6-8,13H2,1-2H3. The van der Waals surface area contributed by atoms with E-state index >= 15 is 0 Å². The number of nitrogen functional groups attached to an aromatic ring is 1. The van der Waals surface area contributed by atoms with Crippen LogP contribution in [-0.4, -0.2) is 53.4 Å². The highest BCUT2D eigenvalue weighted by molar-refractivity contribution is 5.97. The van der Waals surface area contributed by atoms with E-state index in [-0.39, 0.29) is 11.9 Å². The maximum Gasteiger partial charge on any atom is 0.274 e. The van der Waals surface area contributed by atoms with Crippen LogP contribution in [0.1, 0.15) is 17.4 Å². The second-order valence-electron chi connectivity index (χ2n) is 4.55. The van der Waals surface area contributed by atoms with Crippen molar-refractivity contribution in [1.29, 1.82) is 0 Å². The molecule has 0 saturated carbocycles. The first kappa shape index (κ1) is 11.9. The number of pyridine rings is 1. The molecule has 0 spiro atoms. The Morgan fingerprint density at radius 2 is 2.29 bits per heavy atom. The van der Waals surface area contributed by atoms with Gasteiger partial charge in [0.1, 0.15) is 0 Å². The molecule has 0 radical (unpaired) electrons. The molecule has 0 bridgehead atoms. The summed E-state index contributed by atoms with van der Waals surface area (Å²) in [7, 11) is 2.06. The van der Waals surface area contributed by atoms with Gasteiger partial charge in [-0.1, -0.05) is 0 Å². The number of carbonyl (C=O) groups excluding carboxylic acids is 1. The van der Waals surface area contributed by atoms with Crippen molar-refractivity contribution in [2.45, 2.75) is 13.0 Å². The predicted octanol–water partition coefficient (Wildman–Crippen LogP) is 0.440. The molecule has 1 atom stereocenters. The molecule has 92 valence electrons. The number of anilines is 1. The molecule has 2 rings (SSSR count). The lowest BCUT2D eigenvalue weighted by Gasteiger charge is -2.38. The summed E-state index contributed by atoms with van der Waals surface area (Å²) in [6, 6.07) is 3.64. The third kappa shape index (κ3) is 2.39. The second kappa shape index (κ2) is 4.71. The summed E-state index contributed by atoms with van der Waals surface area (Å²) in [5.74, 6) is -0.0660. The van der Waals surface area contributed by atoms with Gasteiger partial charge in [0.25, 0.3) is 5.91 Å². The van der Waals surface area contributed by atoms with Crippen LogP contribution < -0.4 is 5.73 Å². The molecule has 1 aliphatic rings. The van der Waals surface area contributed by atoms with Gasteiger partial charge in [-0.15, -0.1) is 0 Å². The summed E-state index contributed by atoms with van der Waals surface area (Å²) in [5, 5.41) is 0. The first-order chi connectivity index (χ1) is 8.09. The minimum atomic E-state index is -0.0660. The number of likely N-dealkylation sites (N-methyl/N-ethyl adjacent to an activating group) is 1. The van der Waals surface area contributed by atoms with Gasteiger partial charge >= 0.3 is 0 Å². The minimum Gasteiger partial charge on any atom is -0.397 e. The lowest BCUT2D eigenvalue weighted by Crippen LogP contribution is -2.52. The van der Waals surface area contributed by atoms with Gasteiger partial charge in [-0.3, -0.25) is 4.79 Å². The number of amides is 1. The van der Waals surface area contributed by atoms with Gasteiger partial charge < -0.3 is 15.5 Å². The normalized spacial score (nSPS) is 21.5. The Morgan fingerprint density at radius 3 is 2.94 bits per heavy atom. The molecule has 5 heteroatoms. The zero-order valence-corrected chi connectivity index (χ0v) is 10.3. The SMILES string of the molecule is CC1CN(C)CCN1C(=O)c1ncccc1N. The van der Waals surface area contributed by atoms with Gasteiger partial charge in [0, 0.05) is 31.9 Å². The maximum atomic E-state index is 12.3. The molecule has 0 aromatic carbocycles. The summed E-state index contributed by atoms with van der Waals surface area (Å²) in [6.45, 7) is 4.56. The van der Waals surface area contributed by atoms with Crippen LogP contribution in [0.5, 0.6) is 0 Å². The van der Waals surface area contributed by atoms with E-state index in [1.165, 1.54) is 0 Å². The van der Waals surface area contributed by atoms with Crippen molar-refractivity contribution in [1.82, 2.24) is 14.8 Å². The molecular weight excluding hydrogens is 216 g/mol. The largest absolute Gasteiger partial charge is 0.397 e. The van der Waals surface area contributed by atoms with Gasteiger partial charge in [0.2, 0.25) is 0 Å². The molecule has 5 nitrogen and oxygen atoms in total. The molecule has 1 aliphatic heterocycles. The molecule has 1 fully saturated rings. The molecule has 2 N–H and O–H groups in total. The zero-order chi connectivity index (χ0) is 12.4. The summed E-state index contributed by atoms with van der Waals surface area (Å²) in [5.41, 5.74) is 6.59. The van der Waals surface area contributed by atoms with E-state index in [2.05, 4.69) is 16.9 Å². The van der Waals surface area contributed by atoms with E-state index in [0.29, 0.717) is 11.4 Å². The van der Waals surface area contributed by atoms with E-state index < -0.39 is 0 Å². The summed E-state index contributed by atoms with van der Waals surface area (Å²) < 4.78 is 0. The summed E-state index contributed by atoms with van der Waals surface area (Å²) in [4.78, 5) is 20.4. The van der Waals surface area contributed by atoms with Gasteiger partial charge in [-0.05, 0) is 26.1 Å². The number of nitrogens with zero attached hydrogens (tertiary/aromatic N) is 3. The molecule has 1 amide bonds. The molecular formula is C12H18N4O. The van der Waals surface area contributed by atoms with E-state index in [4.69, 9.17) is 5.73 Å². The fourth-order valence-electron chi connectivity index (χ4n) is 2.17. The number of aromatic nitrogens is 1. The second-order valence-corrected chi connectivity index (χ2v) is 4.55. The fraction of sp³-hybridized carbons (Fsp3) is 0.500. The van der Waals surface area contributed by atoms with E-state index in [9.17, 15) is 4.79 Å². The van der Waals surface area contributed by atoms with Crippen LogP contribution in [-0.2, 0) is 0 Å². The van der Waals surface area contributed by atoms with E-state index in [1.54, 1.807) is 18.3 Å². The van der Waals surface area contributed by atoms with E-state index in [0.717, 1.165) is 19.6 Å². The number of piperazine rings is 1. The first-order valence-corrected chi connectivity index (χ1v) is 5.79. The van der Waals surface area contributed by atoms with E-state index in [1.807, 2.05) is 11.8 Å². The lowest BCUT2D eigenvalue weighted by molar-refractivity contribution is 0.0529. The smallest absolute Gasteiger partial charge is 0.274 e. The monoisotopic (exact) mass is 234 g/mol. The van der Waals surface area contributed by atoms with Gasteiger partial charge in [0.05, 0.1) is 5.69 Å². The van der Waals surface area contributed by atoms with Crippen LogP contribution in [0.25, 0.3) is 0 Å². The molecule has 1 saturated heterocycles. The Kier molecular flexibility index (Phi) is 3.28. The molecule has 0 aliphatic carbocycles. The lowest BCUT2D eigenvalue weighted by atomic mass is 10.1. The number of hydrogen-bond donors (Lipinski definition) is 1. The third-order valence-corrected chi connectivity index (χ3v) is 3.13. The van der Waals surface area contributed by atoms with Gasteiger partial charge in [-0.2, -0.15) is 0 Å². The van der Waals surface area contributed by atoms with Crippen molar-refractivity contribution in [3.63, 3.8) is 0 Å². The number of nitrogens with two attached hydrogens (primary N) is 1. The third-order valence-electron chi connectivity index (χ3n) is 3.13. The Morgan fingerprint density at radius 1 is 1.53 bits per heavy atom. The van der Waals surface area contributed by atoms with Crippen LogP contribution in [0.2, 0.25) is 0 Å². The van der Waals surface area contributed by atoms with Crippen LogP contribution in [0, 0.1) is 0 Å². The van der Waals surface area contributed by atoms with Gasteiger partial charge in [0.15, 0.2) is 5.69 Å². The van der Waals surface area contributed by atoms with Crippen molar-refractivity contribution < 1.29 is 4.79 Å². The van der Waals surface area contributed by atoms with Crippen molar-refractivity contribution in [3.05, 3.63) is 24.0 Å². The zero-order valence-electron chi connectivity index (χ0n) is 10.3.